The molecule has 27 heavy (non-hydrogen) atoms. The van der Waals surface area contributed by atoms with Crippen molar-refractivity contribution in [2.24, 2.45) is 0 Å². The molecule has 0 radical (unpaired) electrons. The summed E-state index contributed by atoms with van der Waals surface area (Å²) in [7, 11) is 0. The fourth-order valence-electron chi connectivity index (χ4n) is 2.10. The maximum atomic E-state index is 11.9. The summed E-state index contributed by atoms with van der Waals surface area (Å²) in [4.78, 5) is 23.2. The number of aromatic nitrogens is 3. The van der Waals surface area contributed by atoms with Gasteiger partial charge in [0.1, 0.15) is 0 Å². The van der Waals surface area contributed by atoms with Gasteiger partial charge >= 0.3 is 5.97 Å². The molecule has 2 aromatic rings. The van der Waals surface area contributed by atoms with Crippen molar-refractivity contribution in [2.75, 3.05) is 24.7 Å². The Balaban J connectivity index is 1.99. The predicted molar refractivity (Wildman–Crippen MR) is 101 cm³/mol. The molecule has 0 bridgehead atoms. The molecule has 0 aliphatic heterocycles. The van der Waals surface area contributed by atoms with Crippen LogP contribution in [0.3, 0.4) is 0 Å². The van der Waals surface area contributed by atoms with Crippen LogP contribution in [0.4, 0.5) is 11.9 Å². The molecule has 0 aliphatic rings. The number of hydrogen-bond donors (Lipinski definition) is 2. The van der Waals surface area contributed by atoms with Crippen molar-refractivity contribution in [3.63, 3.8) is 0 Å². The average molecular weight is 373 g/mol. The first-order valence-corrected chi connectivity index (χ1v) is 8.52. The molecule has 9 nitrogen and oxygen atoms in total. The van der Waals surface area contributed by atoms with E-state index in [0.717, 1.165) is 12.0 Å². The SMILES string of the molecule is CCCOc1ccc(/C=C/C(=O)OCc2nc(N)nc(N)n2)cc1OCC. The Morgan fingerprint density at radius 3 is 2.48 bits per heavy atom. The van der Waals surface area contributed by atoms with Crippen LogP contribution in [0.15, 0.2) is 24.3 Å². The minimum absolute atomic E-state index is 0.0297. The highest BCUT2D eigenvalue weighted by Gasteiger charge is 2.07. The van der Waals surface area contributed by atoms with Gasteiger partial charge in [-0.25, -0.2) is 4.79 Å². The molecule has 0 saturated heterocycles. The molecular formula is C18H23N5O4. The first kappa shape index (κ1) is 20.0. The van der Waals surface area contributed by atoms with Gasteiger partial charge in [-0.1, -0.05) is 13.0 Å². The molecule has 0 amide bonds. The number of carbonyl (C=O) groups excluding carboxylic acids is 1. The van der Waals surface area contributed by atoms with Crippen LogP contribution >= 0.6 is 0 Å². The first-order valence-electron chi connectivity index (χ1n) is 8.52. The molecule has 1 heterocycles. The Hall–Kier alpha value is -3.36. The zero-order valence-electron chi connectivity index (χ0n) is 15.3. The minimum Gasteiger partial charge on any atom is -0.490 e. The lowest BCUT2D eigenvalue weighted by Gasteiger charge is -2.12. The van der Waals surface area contributed by atoms with E-state index >= 15 is 0 Å². The lowest BCUT2D eigenvalue weighted by Crippen LogP contribution is -2.09. The molecule has 1 aromatic heterocycles. The normalized spacial score (nSPS) is 10.7. The van der Waals surface area contributed by atoms with Crippen molar-refractivity contribution in [3.8, 4) is 11.5 Å². The zero-order chi connectivity index (χ0) is 19.6. The fraction of sp³-hybridized carbons (Fsp3) is 0.333. The minimum atomic E-state index is -0.558. The van der Waals surface area contributed by atoms with E-state index in [2.05, 4.69) is 15.0 Å². The van der Waals surface area contributed by atoms with E-state index in [9.17, 15) is 4.79 Å². The number of hydrogen-bond acceptors (Lipinski definition) is 9. The summed E-state index contributed by atoms with van der Waals surface area (Å²) < 4.78 is 16.3. The molecule has 0 fully saturated rings. The van der Waals surface area contributed by atoms with E-state index in [1.807, 2.05) is 26.0 Å². The molecule has 1 aromatic carbocycles. The third-order valence-corrected chi connectivity index (χ3v) is 3.20. The van der Waals surface area contributed by atoms with Gasteiger partial charge in [-0.05, 0) is 37.1 Å². The van der Waals surface area contributed by atoms with Crippen LogP contribution in [-0.2, 0) is 16.1 Å². The molecule has 0 saturated carbocycles. The lowest BCUT2D eigenvalue weighted by atomic mass is 10.2. The van der Waals surface area contributed by atoms with E-state index in [0.29, 0.717) is 24.7 Å². The molecule has 0 aliphatic carbocycles. The zero-order valence-corrected chi connectivity index (χ0v) is 15.3. The maximum Gasteiger partial charge on any atom is 0.331 e. The van der Waals surface area contributed by atoms with Crippen molar-refractivity contribution in [1.29, 1.82) is 0 Å². The van der Waals surface area contributed by atoms with Crippen LogP contribution in [-0.4, -0.2) is 34.1 Å². The van der Waals surface area contributed by atoms with Gasteiger partial charge in [0, 0.05) is 6.08 Å². The van der Waals surface area contributed by atoms with Crippen LogP contribution in [0, 0.1) is 0 Å². The highest BCUT2D eigenvalue weighted by Crippen LogP contribution is 2.29. The van der Waals surface area contributed by atoms with Crippen molar-refractivity contribution >= 4 is 23.9 Å². The van der Waals surface area contributed by atoms with Gasteiger partial charge in [0.2, 0.25) is 11.9 Å². The molecule has 2 rings (SSSR count). The number of nitrogens with two attached hydrogens (primary N) is 2. The molecule has 9 heteroatoms. The van der Waals surface area contributed by atoms with Gasteiger partial charge in [-0.15, -0.1) is 0 Å². The van der Waals surface area contributed by atoms with Gasteiger partial charge in [-0.2, -0.15) is 15.0 Å². The van der Waals surface area contributed by atoms with E-state index in [1.54, 1.807) is 12.1 Å². The highest BCUT2D eigenvalue weighted by atomic mass is 16.5. The first-order chi connectivity index (χ1) is 13.0. The summed E-state index contributed by atoms with van der Waals surface area (Å²) in [5, 5.41) is 0. The second-order valence-corrected chi connectivity index (χ2v) is 5.40. The summed E-state index contributed by atoms with van der Waals surface area (Å²) >= 11 is 0. The Morgan fingerprint density at radius 1 is 1.07 bits per heavy atom. The van der Waals surface area contributed by atoms with E-state index < -0.39 is 5.97 Å². The number of rotatable bonds is 9. The molecule has 0 spiro atoms. The van der Waals surface area contributed by atoms with Crippen LogP contribution in [0.25, 0.3) is 6.08 Å². The van der Waals surface area contributed by atoms with Crippen LogP contribution in [0.2, 0.25) is 0 Å². The second kappa shape index (κ2) is 9.95. The van der Waals surface area contributed by atoms with Gasteiger partial charge in [0.05, 0.1) is 13.2 Å². The van der Waals surface area contributed by atoms with Crippen molar-refractivity contribution in [2.45, 2.75) is 26.9 Å². The number of esters is 1. The number of carbonyl (C=O) groups is 1. The van der Waals surface area contributed by atoms with E-state index in [-0.39, 0.29) is 24.3 Å². The number of nitrogen functional groups attached to an aromatic ring is 2. The van der Waals surface area contributed by atoms with Crippen molar-refractivity contribution < 1.29 is 19.0 Å². The number of nitrogens with zero attached hydrogens (tertiary/aromatic N) is 3. The fourth-order valence-corrected chi connectivity index (χ4v) is 2.10. The molecule has 144 valence electrons. The average Bonchev–Trinajstić information content (AvgIpc) is 2.63. The standard InChI is InChI=1S/C18H23N5O4/c1-3-9-26-13-7-5-12(10-14(13)25-4-2)6-8-16(24)27-11-15-21-17(19)23-18(20)22-15/h5-8,10H,3-4,9,11H2,1-2H3,(H4,19,20,21,22,23)/b8-6+. The number of benzene rings is 1. The van der Waals surface area contributed by atoms with Crippen LogP contribution in [0.5, 0.6) is 11.5 Å². The van der Waals surface area contributed by atoms with E-state index in [1.165, 1.54) is 6.08 Å². The summed E-state index contributed by atoms with van der Waals surface area (Å²) in [6.07, 6.45) is 3.81. The van der Waals surface area contributed by atoms with Crippen molar-refractivity contribution in [1.82, 2.24) is 15.0 Å². The molecule has 0 atom stereocenters. The Kier molecular flexibility index (Phi) is 7.36. The third kappa shape index (κ3) is 6.46. The Morgan fingerprint density at radius 2 is 1.81 bits per heavy atom. The number of anilines is 2. The van der Waals surface area contributed by atoms with Crippen LogP contribution in [0.1, 0.15) is 31.7 Å². The number of ether oxygens (including phenoxy) is 3. The predicted octanol–water partition coefficient (Wildman–Crippen LogP) is 1.98. The Labute approximate surface area is 157 Å². The van der Waals surface area contributed by atoms with Gasteiger partial charge in [0.25, 0.3) is 0 Å². The monoisotopic (exact) mass is 373 g/mol. The Bertz CT molecular complexity index is 790. The van der Waals surface area contributed by atoms with Crippen LogP contribution < -0.4 is 20.9 Å². The van der Waals surface area contributed by atoms with E-state index in [4.69, 9.17) is 25.7 Å². The van der Waals surface area contributed by atoms with Gasteiger partial charge in [0.15, 0.2) is 23.9 Å². The summed E-state index contributed by atoms with van der Waals surface area (Å²) in [6, 6.07) is 5.43. The molecule has 4 N–H and O–H groups in total. The van der Waals surface area contributed by atoms with Gasteiger partial charge < -0.3 is 25.7 Å². The molecular weight excluding hydrogens is 350 g/mol. The van der Waals surface area contributed by atoms with Gasteiger partial charge in [-0.3, -0.25) is 0 Å². The summed E-state index contributed by atoms with van der Waals surface area (Å²) in [5.41, 5.74) is 11.7. The van der Waals surface area contributed by atoms with Crippen molar-refractivity contribution in [3.05, 3.63) is 35.7 Å². The smallest absolute Gasteiger partial charge is 0.331 e. The summed E-state index contributed by atoms with van der Waals surface area (Å²) in [5.74, 6) is 0.853. The third-order valence-electron chi connectivity index (χ3n) is 3.20. The second-order valence-electron chi connectivity index (χ2n) is 5.40. The quantitative estimate of drug-likeness (QED) is 0.499. The summed E-state index contributed by atoms with van der Waals surface area (Å²) in [6.45, 7) is 4.88. The topological polar surface area (TPSA) is 135 Å². The maximum absolute atomic E-state index is 11.9. The molecule has 0 unspecified atom stereocenters. The largest absolute Gasteiger partial charge is 0.490 e. The highest BCUT2D eigenvalue weighted by molar-refractivity contribution is 5.87. The lowest BCUT2D eigenvalue weighted by molar-refractivity contribution is -0.139.